The highest BCUT2D eigenvalue weighted by atomic mass is 32.2. The Bertz CT molecular complexity index is 627. The van der Waals surface area contributed by atoms with Crippen LogP contribution < -0.4 is 16.0 Å². The van der Waals surface area contributed by atoms with Gasteiger partial charge in [-0.05, 0) is 20.4 Å². The number of carbonyl (C=O) groups excluding carboxylic acids is 2. The smallest absolute Gasteiger partial charge is 0.283 e. The number of nitrogens with one attached hydrogen (secondary N) is 3. The summed E-state index contributed by atoms with van der Waals surface area (Å²) in [6, 6.07) is 0.364. The largest absolute Gasteiger partial charge is 0.339 e. The van der Waals surface area contributed by atoms with Crippen molar-refractivity contribution in [2.45, 2.75) is 46.7 Å². The topological polar surface area (TPSA) is 182 Å². The van der Waals surface area contributed by atoms with Crippen LogP contribution >= 0.6 is 0 Å². The van der Waals surface area contributed by atoms with Crippen LogP contribution in [0.1, 0.15) is 34.6 Å². The molecule has 0 aromatic heterocycles. The van der Waals surface area contributed by atoms with Gasteiger partial charge in [0, 0.05) is 12.1 Å². The van der Waals surface area contributed by atoms with Gasteiger partial charge in [-0.3, -0.25) is 23.6 Å². The van der Waals surface area contributed by atoms with Gasteiger partial charge in [-0.2, -0.15) is 16.8 Å². The molecule has 0 rings (SSSR count). The van der Waals surface area contributed by atoms with Crippen molar-refractivity contribution in [3.05, 3.63) is 0 Å². The molecule has 14 heteroatoms. The Kier molecular flexibility index (Phi) is 14.2. The van der Waals surface area contributed by atoms with Crippen LogP contribution in [0.2, 0.25) is 0 Å². The Hall–Kier alpha value is -1.32. The van der Waals surface area contributed by atoms with E-state index < -0.39 is 43.8 Å². The Morgan fingerprint density at radius 3 is 1.39 bits per heavy atom. The Morgan fingerprint density at radius 2 is 1.21 bits per heavy atom. The summed E-state index contributed by atoms with van der Waals surface area (Å²) in [7, 11) is -8.69. The van der Waals surface area contributed by atoms with Crippen molar-refractivity contribution in [2.24, 2.45) is 0 Å². The fourth-order valence-electron chi connectivity index (χ4n) is 1.65. The SMILES string of the molecule is CC(C)N(CC(=O)NCS(=O)(=O)O)CC(=O)NCS(=O)(=O)O.CCNC(C)C. The van der Waals surface area contributed by atoms with E-state index in [4.69, 9.17) is 9.11 Å². The third-order valence-corrected chi connectivity index (χ3v) is 3.96. The van der Waals surface area contributed by atoms with Gasteiger partial charge in [-0.25, -0.2) is 0 Å². The number of rotatable bonds is 11. The lowest BCUT2D eigenvalue weighted by Crippen LogP contribution is -2.47. The summed E-state index contributed by atoms with van der Waals surface area (Å²) in [5.41, 5.74) is 0. The van der Waals surface area contributed by atoms with Gasteiger partial charge in [0.2, 0.25) is 11.8 Å². The molecule has 0 unspecified atom stereocenters. The van der Waals surface area contributed by atoms with Gasteiger partial charge in [-0.15, -0.1) is 0 Å². The van der Waals surface area contributed by atoms with E-state index in [2.05, 4.69) is 26.1 Å². The van der Waals surface area contributed by atoms with Crippen LogP contribution in [0.3, 0.4) is 0 Å². The minimum Gasteiger partial charge on any atom is -0.339 e. The number of carbonyl (C=O) groups is 2. The minimum atomic E-state index is -4.35. The zero-order valence-electron chi connectivity index (χ0n) is 16.8. The third-order valence-electron chi connectivity index (χ3n) is 2.94. The number of nitrogens with zero attached hydrogens (tertiary/aromatic N) is 1. The molecule has 28 heavy (non-hydrogen) atoms. The van der Waals surface area contributed by atoms with Gasteiger partial charge in [0.25, 0.3) is 20.2 Å². The van der Waals surface area contributed by atoms with Crippen LogP contribution in [0.25, 0.3) is 0 Å². The van der Waals surface area contributed by atoms with Crippen LogP contribution in [0.4, 0.5) is 0 Å². The summed E-state index contributed by atoms with van der Waals surface area (Å²) in [4.78, 5) is 24.3. The molecule has 2 amide bonds. The van der Waals surface area contributed by atoms with Gasteiger partial charge in [0.15, 0.2) is 0 Å². The van der Waals surface area contributed by atoms with Crippen LogP contribution in [0, 0.1) is 0 Å². The third kappa shape index (κ3) is 21.0. The molecule has 12 nitrogen and oxygen atoms in total. The Labute approximate surface area is 166 Å². The van der Waals surface area contributed by atoms with Crippen molar-refractivity contribution in [2.75, 3.05) is 31.4 Å². The van der Waals surface area contributed by atoms with Crippen molar-refractivity contribution >= 4 is 32.1 Å². The van der Waals surface area contributed by atoms with Crippen molar-refractivity contribution < 1.29 is 35.5 Å². The maximum absolute atomic E-state index is 11.5. The molecule has 0 aliphatic heterocycles. The molecule has 5 N–H and O–H groups in total. The summed E-state index contributed by atoms with van der Waals surface area (Å²) in [5.74, 6) is -3.39. The first-order chi connectivity index (χ1) is 12.6. The van der Waals surface area contributed by atoms with Gasteiger partial charge >= 0.3 is 0 Å². The van der Waals surface area contributed by atoms with E-state index in [1.54, 1.807) is 13.8 Å². The molecule has 0 aromatic carbocycles. The lowest BCUT2D eigenvalue weighted by atomic mass is 10.3. The van der Waals surface area contributed by atoms with Crippen molar-refractivity contribution in [1.82, 2.24) is 20.9 Å². The Morgan fingerprint density at radius 1 is 0.857 bits per heavy atom. The Balaban J connectivity index is 0. The summed E-state index contributed by atoms with van der Waals surface area (Å²) in [5, 5.41) is 7.11. The second-order valence-corrected chi connectivity index (χ2v) is 9.27. The molecule has 0 bridgehead atoms. The van der Waals surface area contributed by atoms with Gasteiger partial charge in [0.1, 0.15) is 11.8 Å². The van der Waals surface area contributed by atoms with Gasteiger partial charge < -0.3 is 16.0 Å². The second-order valence-electron chi connectivity index (χ2n) is 6.36. The molecule has 0 atom stereocenters. The van der Waals surface area contributed by atoms with Crippen molar-refractivity contribution in [1.29, 1.82) is 0 Å². The van der Waals surface area contributed by atoms with Crippen LogP contribution in [0.5, 0.6) is 0 Å². The second kappa shape index (κ2) is 13.8. The van der Waals surface area contributed by atoms with E-state index in [1.807, 2.05) is 10.6 Å². The molecule has 0 saturated heterocycles. The molecule has 0 saturated carbocycles. The maximum atomic E-state index is 11.5. The van der Waals surface area contributed by atoms with E-state index in [0.29, 0.717) is 6.04 Å². The van der Waals surface area contributed by atoms with E-state index in [0.717, 1.165) is 6.54 Å². The quantitative estimate of drug-likeness (QED) is 0.236. The monoisotopic (exact) mass is 448 g/mol. The molecular formula is C14H32N4O8S2. The zero-order chi connectivity index (χ0) is 22.5. The number of hydrogen-bond donors (Lipinski definition) is 5. The van der Waals surface area contributed by atoms with Crippen LogP contribution in [-0.2, 0) is 29.8 Å². The molecule has 0 spiro atoms. The average molecular weight is 449 g/mol. The lowest BCUT2D eigenvalue weighted by molar-refractivity contribution is -0.125. The van der Waals surface area contributed by atoms with Crippen LogP contribution in [-0.4, -0.2) is 86.1 Å². The summed E-state index contributed by atoms with van der Waals surface area (Å²) in [6.45, 7) is 10.1. The molecule has 0 aromatic rings. The predicted molar refractivity (Wildman–Crippen MR) is 105 cm³/mol. The van der Waals surface area contributed by atoms with Crippen LogP contribution in [0.15, 0.2) is 0 Å². The normalized spacial score (nSPS) is 11.9. The molecular weight excluding hydrogens is 416 g/mol. The van der Waals surface area contributed by atoms with E-state index in [9.17, 15) is 26.4 Å². The first kappa shape index (κ1) is 28.9. The molecule has 0 radical (unpaired) electrons. The zero-order valence-corrected chi connectivity index (χ0v) is 18.4. The van der Waals surface area contributed by atoms with Gasteiger partial charge in [0.05, 0.1) is 13.1 Å². The van der Waals surface area contributed by atoms with Crippen molar-refractivity contribution in [3.8, 4) is 0 Å². The molecule has 0 heterocycles. The lowest BCUT2D eigenvalue weighted by Gasteiger charge is -2.24. The fraction of sp³-hybridized carbons (Fsp3) is 0.857. The molecule has 168 valence electrons. The average Bonchev–Trinajstić information content (AvgIpc) is 2.49. The highest BCUT2D eigenvalue weighted by Crippen LogP contribution is 1.97. The first-order valence-corrected chi connectivity index (χ1v) is 11.7. The fourth-order valence-corrected chi connectivity index (χ4v) is 2.34. The van der Waals surface area contributed by atoms with Gasteiger partial charge in [-0.1, -0.05) is 20.8 Å². The highest BCUT2D eigenvalue weighted by molar-refractivity contribution is 7.86. The highest BCUT2D eigenvalue weighted by Gasteiger charge is 2.19. The predicted octanol–water partition coefficient (Wildman–Crippen LogP) is -1.38. The summed E-state index contributed by atoms with van der Waals surface area (Å²) >= 11 is 0. The molecule has 0 fully saturated rings. The first-order valence-electron chi connectivity index (χ1n) is 8.48. The van der Waals surface area contributed by atoms with E-state index >= 15 is 0 Å². The standard InChI is InChI=1S/C9H19N3O8S2.C5H13N/c1-7(2)12(3-8(13)10-5-21(15,16)17)4-9(14)11-6-22(18,19)20;1-4-6-5(2)3/h7H,3-6H2,1-2H3,(H,10,13)(H,11,14)(H,15,16,17)(H,18,19,20);5-6H,4H2,1-3H3. The van der Waals surface area contributed by atoms with Crippen molar-refractivity contribution in [3.63, 3.8) is 0 Å². The molecule has 0 aliphatic rings. The number of amides is 2. The van der Waals surface area contributed by atoms with E-state index in [1.165, 1.54) is 4.90 Å². The van der Waals surface area contributed by atoms with E-state index in [-0.39, 0.29) is 19.1 Å². The maximum Gasteiger partial charge on any atom is 0.283 e. The minimum absolute atomic E-state index is 0.284. The summed E-state index contributed by atoms with van der Waals surface area (Å²) < 4.78 is 59.0. The molecule has 0 aliphatic carbocycles. The summed E-state index contributed by atoms with van der Waals surface area (Å²) in [6.07, 6.45) is 0. The number of hydrogen-bond acceptors (Lipinski definition) is 8.